The average Bonchev–Trinajstić information content (AvgIpc) is 2.72. The molecule has 1 atom stereocenters. The molecule has 0 heterocycles. The molecule has 2 aromatic rings. The third kappa shape index (κ3) is 6.71. The van der Waals surface area contributed by atoms with E-state index in [2.05, 4.69) is 10.6 Å². The zero-order chi connectivity index (χ0) is 21.2. The van der Waals surface area contributed by atoms with Gasteiger partial charge in [0.25, 0.3) is 5.91 Å². The molecule has 0 radical (unpaired) electrons. The first-order valence-corrected chi connectivity index (χ1v) is 9.53. The molecule has 29 heavy (non-hydrogen) atoms. The van der Waals surface area contributed by atoms with Crippen LogP contribution >= 0.6 is 0 Å². The van der Waals surface area contributed by atoms with Crippen molar-refractivity contribution in [3.63, 3.8) is 0 Å². The van der Waals surface area contributed by atoms with Crippen LogP contribution in [0.25, 0.3) is 0 Å². The summed E-state index contributed by atoms with van der Waals surface area (Å²) in [5.41, 5.74) is 0.552. The first-order valence-electron chi connectivity index (χ1n) is 9.53. The maximum Gasteiger partial charge on any atom is 0.258 e. The number of anilines is 1. The molecule has 0 fully saturated rings. The van der Waals surface area contributed by atoms with Crippen molar-refractivity contribution in [2.24, 2.45) is 5.92 Å². The van der Waals surface area contributed by atoms with Crippen LogP contribution in [0.2, 0.25) is 0 Å². The first kappa shape index (κ1) is 22.1. The van der Waals surface area contributed by atoms with Crippen LogP contribution in [0.15, 0.2) is 48.5 Å². The SMILES string of the molecule is CCOc1ccc(NC(=O)[C@@H](NC(=O)COc2ccccc2)C(C)C)cc1OC. The molecule has 0 aliphatic heterocycles. The highest BCUT2D eigenvalue weighted by molar-refractivity contribution is 5.97. The summed E-state index contributed by atoms with van der Waals surface area (Å²) < 4.78 is 16.2. The predicted molar refractivity (Wildman–Crippen MR) is 111 cm³/mol. The Bertz CT molecular complexity index is 808. The van der Waals surface area contributed by atoms with E-state index in [0.717, 1.165) is 0 Å². The molecule has 0 aromatic heterocycles. The Morgan fingerprint density at radius 2 is 1.72 bits per heavy atom. The van der Waals surface area contributed by atoms with Crippen molar-refractivity contribution in [1.29, 1.82) is 0 Å². The van der Waals surface area contributed by atoms with Crippen LogP contribution in [0.3, 0.4) is 0 Å². The van der Waals surface area contributed by atoms with Crippen molar-refractivity contribution in [3.05, 3.63) is 48.5 Å². The minimum atomic E-state index is -0.709. The van der Waals surface area contributed by atoms with Crippen molar-refractivity contribution in [1.82, 2.24) is 5.32 Å². The lowest BCUT2D eigenvalue weighted by molar-refractivity contribution is -0.128. The number of hydrogen-bond donors (Lipinski definition) is 2. The van der Waals surface area contributed by atoms with Crippen LogP contribution in [0.1, 0.15) is 20.8 Å². The minimum absolute atomic E-state index is 0.111. The quantitative estimate of drug-likeness (QED) is 0.639. The van der Waals surface area contributed by atoms with Gasteiger partial charge in [0.15, 0.2) is 18.1 Å². The number of benzene rings is 2. The Kier molecular flexibility index (Phi) is 8.33. The van der Waals surface area contributed by atoms with Crippen molar-refractivity contribution in [2.45, 2.75) is 26.8 Å². The summed E-state index contributed by atoms with van der Waals surface area (Å²) in [6, 6.07) is 13.5. The normalized spacial score (nSPS) is 11.5. The van der Waals surface area contributed by atoms with Crippen LogP contribution in [-0.2, 0) is 9.59 Å². The second-order valence-corrected chi connectivity index (χ2v) is 6.68. The highest BCUT2D eigenvalue weighted by atomic mass is 16.5. The smallest absolute Gasteiger partial charge is 0.258 e. The zero-order valence-electron chi connectivity index (χ0n) is 17.2. The molecule has 0 aliphatic carbocycles. The second kappa shape index (κ2) is 10.9. The lowest BCUT2D eigenvalue weighted by Crippen LogP contribution is -2.48. The van der Waals surface area contributed by atoms with Crippen molar-refractivity contribution in [2.75, 3.05) is 25.6 Å². The molecule has 7 heteroatoms. The summed E-state index contributed by atoms with van der Waals surface area (Å²) >= 11 is 0. The van der Waals surface area contributed by atoms with Gasteiger partial charge in [-0.15, -0.1) is 0 Å². The van der Waals surface area contributed by atoms with E-state index in [1.54, 1.807) is 30.3 Å². The number of ether oxygens (including phenoxy) is 3. The van der Waals surface area contributed by atoms with Crippen LogP contribution in [0.4, 0.5) is 5.69 Å². The Balaban J connectivity index is 1.99. The molecule has 0 unspecified atom stereocenters. The van der Waals surface area contributed by atoms with E-state index in [-0.39, 0.29) is 24.3 Å². The number of rotatable bonds is 10. The van der Waals surface area contributed by atoms with E-state index >= 15 is 0 Å². The summed E-state index contributed by atoms with van der Waals surface area (Å²) in [7, 11) is 1.54. The number of carbonyl (C=O) groups excluding carboxylic acids is 2. The summed E-state index contributed by atoms with van der Waals surface area (Å²) in [6.45, 7) is 5.95. The molecule has 2 aromatic carbocycles. The minimum Gasteiger partial charge on any atom is -0.493 e. The molecule has 0 saturated carbocycles. The van der Waals surface area contributed by atoms with Gasteiger partial charge in [-0.3, -0.25) is 9.59 Å². The largest absolute Gasteiger partial charge is 0.493 e. The fourth-order valence-corrected chi connectivity index (χ4v) is 2.66. The van der Waals surface area contributed by atoms with E-state index in [4.69, 9.17) is 14.2 Å². The Labute approximate surface area is 171 Å². The van der Waals surface area contributed by atoms with Gasteiger partial charge < -0.3 is 24.8 Å². The molecule has 0 bridgehead atoms. The molecule has 156 valence electrons. The van der Waals surface area contributed by atoms with E-state index in [1.807, 2.05) is 39.0 Å². The number of amides is 2. The number of hydrogen-bond acceptors (Lipinski definition) is 5. The average molecular weight is 400 g/mol. The monoisotopic (exact) mass is 400 g/mol. The fourth-order valence-electron chi connectivity index (χ4n) is 2.66. The highest BCUT2D eigenvalue weighted by Gasteiger charge is 2.24. The molecule has 2 amide bonds. The third-order valence-electron chi connectivity index (χ3n) is 4.11. The summed E-state index contributed by atoms with van der Waals surface area (Å²) in [6.07, 6.45) is 0. The van der Waals surface area contributed by atoms with E-state index < -0.39 is 6.04 Å². The molecular formula is C22H28N2O5. The molecular weight excluding hydrogens is 372 g/mol. The molecule has 2 rings (SSSR count). The number of nitrogens with one attached hydrogen (secondary N) is 2. The summed E-state index contributed by atoms with van der Waals surface area (Å²) in [4.78, 5) is 25.0. The van der Waals surface area contributed by atoms with Crippen molar-refractivity contribution < 1.29 is 23.8 Å². The lowest BCUT2D eigenvalue weighted by Gasteiger charge is -2.22. The fraction of sp³-hybridized carbons (Fsp3) is 0.364. The predicted octanol–water partition coefficient (Wildman–Crippen LogP) is 3.25. The van der Waals surface area contributed by atoms with E-state index in [0.29, 0.717) is 29.5 Å². The summed E-state index contributed by atoms with van der Waals surface area (Å²) in [5, 5.41) is 5.55. The molecule has 0 saturated heterocycles. The van der Waals surface area contributed by atoms with Gasteiger partial charge >= 0.3 is 0 Å². The van der Waals surface area contributed by atoms with Gasteiger partial charge in [-0.1, -0.05) is 32.0 Å². The Hall–Kier alpha value is -3.22. The van der Waals surface area contributed by atoms with Gasteiger partial charge in [0.05, 0.1) is 13.7 Å². The third-order valence-corrected chi connectivity index (χ3v) is 4.11. The lowest BCUT2D eigenvalue weighted by atomic mass is 10.0. The van der Waals surface area contributed by atoms with Crippen LogP contribution in [-0.4, -0.2) is 38.2 Å². The van der Waals surface area contributed by atoms with E-state index in [9.17, 15) is 9.59 Å². The highest BCUT2D eigenvalue weighted by Crippen LogP contribution is 2.30. The molecule has 0 aliphatic rings. The number of para-hydroxylation sites is 1. The van der Waals surface area contributed by atoms with Crippen LogP contribution in [0.5, 0.6) is 17.2 Å². The van der Waals surface area contributed by atoms with Crippen molar-refractivity contribution in [3.8, 4) is 17.2 Å². The topological polar surface area (TPSA) is 85.9 Å². The van der Waals surface area contributed by atoms with Crippen LogP contribution < -0.4 is 24.8 Å². The maximum atomic E-state index is 12.7. The zero-order valence-corrected chi connectivity index (χ0v) is 17.2. The van der Waals surface area contributed by atoms with Gasteiger partial charge in [0.1, 0.15) is 11.8 Å². The van der Waals surface area contributed by atoms with E-state index in [1.165, 1.54) is 7.11 Å². The molecule has 7 nitrogen and oxygen atoms in total. The number of methoxy groups -OCH3 is 1. The standard InChI is InChI=1S/C22H28N2O5/c1-5-28-18-12-11-16(13-19(18)27-4)23-22(26)21(15(2)3)24-20(25)14-29-17-9-7-6-8-10-17/h6-13,15,21H,5,14H2,1-4H3,(H,23,26)(H,24,25)/t21-/m0/s1. The maximum absolute atomic E-state index is 12.7. The van der Waals surface area contributed by atoms with Crippen LogP contribution in [0, 0.1) is 5.92 Å². The Morgan fingerprint density at radius 1 is 1.00 bits per heavy atom. The second-order valence-electron chi connectivity index (χ2n) is 6.68. The van der Waals surface area contributed by atoms with Crippen molar-refractivity contribution >= 4 is 17.5 Å². The van der Waals surface area contributed by atoms with Gasteiger partial charge in [0.2, 0.25) is 5.91 Å². The molecule has 0 spiro atoms. The first-order chi connectivity index (χ1) is 13.9. The number of carbonyl (C=O) groups is 2. The van der Waals surface area contributed by atoms with Gasteiger partial charge in [-0.25, -0.2) is 0 Å². The molecule has 2 N–H and O–H groups in total. The van der Waals surface area contributed by atoms with Gasteiger partial charge in [0, 0.05) is 11.8 Å². The van der Waals surface area contributed by atoms with Gasteiger partial charge in [-0.2, -0.15) is 0 Å². The Morgan fingerprint density at radius 3 is 2.34 bits per heavy atom. The summed E-state index contributed by atoms with van der Waals surface area (Å²) in [5.74, 6) is 0.909. The van der Waals surface area contributed by atoms with Gasteiger partial charge in [-0.05, 0) is 37.1 Å².